The van der Waals surface area contributed by atoms with Crippen molar-refractivity contribution in [3.63, 3.8) is 0 Å². The fourth-order valence-corrected chi connectivity index (χ4v) is 3.33. The summed E-state index contributed by atoms with van der Waals surface area (Å²) >= 11 is 0. The van der Waals surface area contributed by atoms with Crippen LogP contribution in [0.2, 0.25) is 0 Å². The Balaban J connectivity index is 1.77. The predicted octanol–water partition coefficient (Wildman–Crippen LogP) is 2.43. The highest BCUT2D eigenvalue weighted by molar-refractivity contribution is 5.83. The second-order valence-electron chi connectivity index (χ2n) is 6.54. The van der Waals surface area contributed by atoms with E-state index in [4.69, 9.17) is 0 Å². The molecule has 0 unspecified atom stereocenters. The van der Waals surface area contributed by atoms with E-state index in [2.05, 4.69) is 24.8 Å². The van der Waals surface area contributed by atoms with Gasteiger partial charge in [0.1, 0.15) is 6.04 Å². The molecule has 124 valence electrons. The first-order chi connectivity index (χ1) is 11.7. The minimum atomic E-state index is -0.479. The van der Waals surface area contributed by atoms with E-state index in [1.54, 1.807) is 4.90 Å². The Morgan fingerprint density at radius 1 is 1.33 bits per heavy atom. The van der Waals surface area contributed by atoms with Gasteiger partial charge in [-0.15, -0.1) is 0 Å². The molecule has 1 heterocycles. The Morgan fingerprint density at radius 3 is 2.58 bits per heavy atom. The molecule has 4 heteroatoms. The van der Waals surface area contributed by atoms with Crippen molar-refractivity contribution >= 4 is 5.91 Å². The number of carbonyl (C=O) groups excluding carboxylic acids is 1. The van der Waals surface area contributed by atoms with E-state index in [1.165, 1.54) is 0 Å². The summed E-state index contributed by atoms with van der Waals surface area (Å²) in [6, 6.07) is 9.31. The van der Waals surface area contributed by atoms with E-state index in [9.17, 15) is 15.2 Å². The zero-order valence-electron chi connectivity index (χ0n) is 13.9. The van der Waals surface area contributed by atoms with Crippen LogP contribution in [0.4, 0.5) is 0 Å². The molecule has 0 bridgehead atoms. The number of aliphatic hydroxyl groups is 1. The maximum atomic E-state index is 12.3. The van der Waals surface area contributed by atoms with E-state index in [-0.39, 0.29) is 30.4 Å². The highest BCUT2D eigenvalue weighted by Gasteiger charge is 2.53. The summed E-state index contributed by atoms with van der Waals surface area (Å²) in [5.41, 5.74) is 1.94. The van der Waals surface area contributed by atoms with Crippen LogP contribution in [0.1, 0.15) is 49.7 Å². The molecule has 0 radical (unpaired) electrons. The molecular weight excluding hydrogens is 300 g/mol. The van der Waals surface area contributed by atoms with Gasteiger partial charge in [0.2, 0.25) is 5.91 Å². The number of likely N-dealkylation sites (tertiary alicyclic amines) is 1. The number of nitrogens with zero attached hydrogens (tertiary/aromatic N) is 2. The van der Waals surface area contributed by atoms with Crippen LogP contribution in [0, 0.1) is 29.1 Å². The number of hydrogen-bond donors (Lipinski definition) is 1. The van der Waals surface area contributed by atoms with Gasteiger partial charge in [-0.2, -0.15) is 5.26 Å². The minimum Gasteiger partial charge on any atom is -0.394 e. The average molecular weight is 322 g/mol. The van der Waals surface area contributed by atoms with Gasteiger partial charge in [0.25, 0.3) is 0 Å². The van der Waals surface area contributed by atoms with Gasteiger partial charge >= 0.3 is 0 Å². The van der Waals surface area contributed by atoms with Crippen LogP contribution in [0.15, 0.2) is 24.3 Å². The number of amides is 1. The highest BCUT2D eigenvalue weighted by atomic mass is 16.3. The van der Waals surface area contributed by atoms with Crippen molar-refractivity contribution in [3.05, 3.63) is 35.4 Å². The normalized spacial score (nSPS) is 25.2. The lowest BCUT2D eigenvalue weighted by atomic mass is 9.75. The van der Waals surface area contributed by atoms with Gasteiger partial charge in [-0.25, -0.2) is 0 Å². The van der Waals surface area contributed by atoms with Crippen molar-refractivity contribution in [2.45, 2.75) is 50.6 Å². The summed E-state index contributed by atoms with van der Waals surface area (Å²) in [5, 5.41) is 19.2. The highest BCUT2D eigenvalue weighted by Crippen LogP contribution is 2.44. The smallest absolute Gasteiger partial charge is 0.227 e. The van der Waals surface area contributed by atoms with Gasteiger partial charge < -0.3 is 10.0 Å². The van der Waals surface area contributed by atoms with Crippen molar-refractivity contribution < 1.29 is 9.90 Å². The number of nitriles is 1. The van der Waals surface area contributed by atoms with Crippen molar-refractivity contribution in [2.24, 2.45) is 5.92 Å². The molecule has 1 aliphatic heterocycles. The lowest BCUT2D eigenvalue weighted by molar-refractivity contribution is -0.148. The first-order valence-corrected chi connectivity index (χ1v) is 8.62. The number of rotatable bonds is 4. The van der Waals surface area contributed by atoms with Crippen molar-refractivity contribution in [1.29, 1.82) is 5.26 Å². The third-order valence-corrected chi connectivity index (χ3v) is 4.82. The third kappa shape index (κ3) is 3.03. The monoisotopic (exact) mass is 322 g/mol. The Kier molecular flexibility index (Phi) is 4.88. The van der Waals surface area contributed by atoms with Crippen molar-refractivity contribution in [2.75, 3.05) is 6.61 Å². The molecule has 1 N–H and O–H groups in total. The molecule has 24 heavy (non-hydrogen) atoms. The van der Waals surface area contributed by atoms with Gasteiger partial charge in [-0.1, -0.05) is 30.9 Å². The van der Waals surface area contributed by atoms with Crippen LogP contribution in [-0.2, 0) is 4.79 Å². The van der Waals surface area contributed by atoms with E-state index >= 15 is 0 Å². The number of carbonyl (C=O) groups is 1. The maximum absolute atomic E-state index is 12.3. The zero-order chi connectivity index (χ0) is 17.1. The molecule has 1 aliphatic carbocycles. The number of hydrogen-bond acceptors (Lipinski definition) is 3. The van der Waals surface area contributed by atoms with E-state index in [1.807, 2.05) is 24.3 Å². The van der Waals surface area contributed by atoms with Crippen LogP contribution in [0.25, 0.3) is 0 Å². The Hall–Kier alpha value is -2.30. The number of benzene rings is 1. The largest absolute Gasteiger partial charge is 0.394 e. The fourth-order valence-electron chi connectivity index (χ4n) is 3.33. The standard InChI is InChI=1S/C20H22N2O2/c1-2-3-4-5-14-6-8-15(9-7-14)19-17(12-21)22(18(19)13-23)20(24)16-10-11-16/h6-9,16-19,23H,2-3,10-11,13H2,1H3/t17-,18+,19+/m0/s1. The third-order valence-electron chi connectivity index (χ3n) is 4.82. The fraction of sp³-hybridized carbons (Fsp3) is 0.500. The van der Waals surface area contributed by atoms with E-state index in [0.29, 0.717) is 0 Å². The average Bonchev–Trinajstić information content (AvgIpc) is 3.41. The number of unbranched alkanes of at least 4 members (excludes halogenated alkanes) is 1. The molecule has 1 aromatic rings. The van der Waals surface area contributed by atoms with Gasteiger partial charge in [0.05, 0.1) is 18.7 Å². The first kappa shape index (κ1) is 16.6. The molecule has 0 aromatic heterocycles. The molecule has 2 fully saturated rings. The second-order valence-corrected chi connectivity index (χ2v) is 6.54. The van der Waals surface area contributed by atoms with Crippen molar-refractivity contribution in [3.8, 4) is 17.9 Å². The molecule has 1 aromatic carbocycles. The Bertz CT molecular complexity index is 704. The van der Waals surface area contributed by atoms with Crippen molar-refractivity contribution in [1.82, 2.24) is 4.90 Å². The van der Waals surface area contributed by atoms with E-state index < -0.39 is 6.04 Å². The lowest BCUT2D eigenvalue weighted by Gasteiger charge is -2.51. The summed E-state index contributed by atoms with van der Waals surface area (Å²) in [6.07, 6.45) is 3.73. The molecule has 2 aliphatic rings. The topological polar surface area (TPSA) is 64.3 Å². The van der Waals surface area contributed by atoms with Crippen LogP contribution in [-0.4, -0.2) is 34.6 Å². The summed E-state index contributed by atoms with van der Waals surface area (Å²) in [7, 11) is 0. The van der Waals surface area contributed by atoms with Crippen LogP contribution >= 0.6 is 0 Å². The molecule has 1 saturated heterocycles. The molecular formula is C20H22N2O2. The summed E-state index contributed by atoms with van der Waals surface area (Å²) in [4.78, 5) is 13.9. The minimum absolute atomic E-state index is 0.0268. The molecule has 1 saturated carbocycles. The van der Waals surface area contributed by atoms with Gasteiger partial charge in [0.15, 0.2) is 0 Å². The molecule has 1 amide bonds. The summed E-state index contributed by atoms with van der Waals surface area (Å²) in [6.45, 7) is 1.99. The molecule has 3 atom stereocenters. The molecule has 4 nitrogen and oxygen atoms in total. The lowest BCUT2D eigenvalue weighted by Crippen LogP contribution is -2.65. The van der Waals surface area contributed by atoms with Gasteiger partial charge in [-0.3, -0.25) is 4.79 Å². The first-order valence-electron chi connectivity index (χ1n) is 8.62. The molecule has 3 rings (SSSR count). The summed E-state index contributed by atoms with van der Waals surface area (Å²) in [5.74, 6) is 6.20. The SMILES string of the molecule is CCCC#Cc1ccc([C@H]2[C@@H](CO)N(C(=O)C3CC3)[C@H]2C#N)cc1. The molecule has 0 spiro atoms. The predicted molar refractivity (Wildman–Crippen MR) is 90.8 cm³/mol. The zero-order valence-corrected chi connectivity index (χ0v) is 13.9. The Morgan fingerprint density at radius 2 is 2.04 bits per heavy atom. The summed E-state index contributed by atoms with van der Waals surface area (Å²) < 4.78 is 0. The van der Waals surface area contributed by atoms with Gasteiger partial charge in [-0.05, 0) is 37.0 Å². The number of aliphatic hydroxyl groups excluding tert-OH is 1. The van der Waals surface area contributed by atoms with E-state index in [0.717, 1.165) is 36.8 Å². The second kappa shape index (κ2) is 7.07. The van der Waals surface area contributed by atoms with Gasteiger partial charge in [0, 0.05) is 23.8 Å². The quantitative estimate of drug-likeness (QED) is 0.866. The van der Waals surface area contributed by atoms with Crippen LogP contribution in [0.3, 0.4) is 0 Å². The van der Waals surface area contributed by atoms with Crippen LogP contribution in [0.5, 0.6) is 0 Å². The Labute approximate surface area is 143 Å². The maximum Gasteiger partial charge on any atom is 0.227 e. The van der Waals surface area contributed by atoms with Crippen LogP contribution < -0.4 is 0 Å².